The van der Waals surface area contributed by atoms with Gasteiger partial charge in [-0.1, -0.05) is 23.7 Å². The Morgan fingerprint density at radius 1 is 1.27 bits per heavy atom. The number of rotatable bonds is 8. The highest BCUT2D eigenvalue weighted by atomic mass is 35.5. The lowest BCUT2D eigenvalue weighted by Crippen LogP contribution is -2.20. The van der Waals surface area contributed by atoms with Crippen LogP contribution in [0.5, 0.6) is 17.2 Å². The summed E-state index contributed by atoms with van der Waals surface area (Å²) < 4.78 is 21.7. The lowest BCUT2D eigenvalue weighted by atomic mass is 10.2. The molecule has 138 valence electrons. The normalized spacial score (nSPS) is 15.2. The fourth-order valence-corrected chi connectivity index (χ4v) is 2.44. The molecule has 0 radical (unpaired) electrons. The number of benzene rings is 2. The van der Waals surface area contributed by atoms with Crippen LogP contribution in [-0.2, 0) is 11.3 Å². The van der Waals surface area contributed by atoms with Gasteiger partial charge in [0.2, 0.25) is 0 Å². The van der Waals surface area contributed by atoms with Crippen molar-refractivity contribution in [1.29, 1.82) is 0 Å². The SMILES string of the molecule is COc1ccc(COc2cc(OC[C@@H]3CO3)c(NC(N)=O)cc2Cl)cc1. The number of hydrogen-bond acceptors (Lipinski definition) is 5. The molecule has 0 bridgehead atoms. The smallest absolute Gasteiger partial charge is 0.316 e. The fraction of sp³-hybridized carbons (Fsp3) is 0.278. The number of hydrogen-bond donors (Lipinski definition) is 2. The lowest BCUT2D eigenvalue weighted by Gasteiger charge is -2.15. The number of halogens is 1. The molecule has 1 fully saturated rings. The molecule has 0 saturated carbocycles. The fourth-order valence-electron chi connectivity index (χ4n) is 2.23. The third kappa shape index (κ3) is 4.93. The number of urea groups is 1. The quantitative estimate of drug-likeness (QED) is 0.688. The van der Waals surface area contributed by atoms with E-state index in [1.54, 1.807) is 19.2 Å². The summed E-state index contributed by atoms with van der Waals surface area (Å²) in [5.74, 6) is 1.62. The zero-order valence-corrected chi connectivity index (χ0v) is 14.9. The second-order valence-corrected chi connectivity index (χ2v) is 6.08. The van der Waals surface area contributed by atoms with Crippen molar-refractivity contribution < 1.29 is 23.7 Å². The van der Waals surface area contributed by atoms with Crippen molar-refractivity contribution in [3.63, 3.8) is 0 Å². The first-order valence-electron chi connectivity index (χ1n) is 7.95. The lowest BCUT2D eigenvalue weighted by molar-refractivity contribution is 0.256. The molecule has 26 heavy (non-hydrogen) atoms. The average molecular weight is 379 g/mol. The number of nitrogens with two attached hydrogens (primary N) is 1. The Morgan fingerprint density at radius 2 is 2.00 bits per heavy atom. The van der Waals surface area contributed by atoms with E-state index in [1.165, 1.54) is 0 Å². The van der Waals surface area contributed by atoms with Crippen LogP contribution < -0.4 is 25.3 Å². The van der Waals surface area contributed by atoms with Crippen LogP contribution in [0.3, 0.4) is 0 Å². The second kappa shape index (κ2) is 8.16. The summed E-state index contributed by atoms with van der Waals surface area (Å²) in [5, 5.41) is 2.82. The molecular formula is C18H19ClN2O5. The van der Waals surface area contributed by atoms with Gasteiger partial charge in [-0.25, -0.2) is 4.79 Å². The van der Waals surface area contributed by atoms with Crippen LogP contribution in [0.25, 0.3) is 0 Å². The molecule has 8 heteroatoms. The van der Waals surface area contributed by atoms with Gasteiger partial charge in [-0.2, -0.15) is 0 Å². The Kier molecular flexibility index (Phi) is 5.70. The third-order valence-electron chi connectivity index (χ3n) is 3.67. The first-order valence-corrected chi connectivity index (χ1v) is 8.33. The molecule has 0 unspecified atom stereocenters. The van der Waals surface area contributed by atoms with Gasteiger partial charge in [-0.3, -0.25) is 0 Å². The predicted octanol–water partition coefficient (Wildman–Crippen LogP) is 3.20. The van der Waals surface area contributed by atoms with Crippen LogP contribution in [-0.4, -0.2) is 32.5 Å². The monoisotopic (exact) mass is 378 g/mol. The molecule has 2 aromatic carbocycles. The molecule has 7 nitrogen and oxygen atoms in total. The number of primary amides is 1. The molecule has 1 aliphatic rings. The van der Waals surface area contributed by atoms with E-state index in [2.05, 4.69) is 5.32 Å². The zero-order valence-electron chi connectivity index (χ0n) is 14.2. The summed E-state index contributed by atoms with van der Waals surface area (Å²) >= 11 is 6.26. The number of ether oxygens (including phenoxy) is 4. The van der Waals surface area contributed by atoms with Crippen molar-refractivity contribution in [3.8, 4) is 17.2 Å². The molecule has 1 atom stereocenters. The average Bonchev–Trinajstić information content (AvgIpc) is 3.44. The van der Waals surface area contributed by atoms with Crippen molar-refractivity contribution >= 4 is 23.3 Å². The van der Waals surface area contributed by atoms with Crippen LogP contribution >= 0.6 is 11.6 Å². The van der Waals surface area contributed by atoms with Crippen molar-refractivity contribution in [1.82, 2.24) is 0 Å². The van der Waals surface area contributed by atoms with Crippen LogP contribution in [0.15, 0.2) is 36.4 Å². The number of anilines is 1. The van der Waals surface area contributed by atoms with Gasteiger partial charge in [-0.05, 0) is 23.8 Å². The van der Waals surface area contributed by atoms with E-state index in [0.29, 0.717) is 42.0 Å². The zero-order chi connectivity index (χ0) is 18.5. The van der Waals surface area contributed by atoms with Gasteiger partial charge in [0, 0.05) is 6.07 Å². The molecule has 0 aliphatic carbocycles. The Hall–Kier alpha value is -2.64. The summed E-state index contributed by atoms with van der Waals surface area (Å²) in [7, 11) is 1.61. The molecule has 2 aromatic rings. The minimum Gasteiger partial charge on any atom is -0.497 e. The Labute approximate surface area is 155 Å². The molecule has 1 aliphatic heterocycles. The van der Waals surface area contributed by atoms with Crippen LogP contribution in [0.4, 0.5) is 10.5 Å². The van der Waals surface area contributed by atoms with Crippen molar-refractivity contribution in [2.75, 3.05) is 25.6 Å². The highest BCUT2D eigenvalue weighted by molar-refractivity contribution is 6.32. The van der Waals surface area contributed by atoms with Crippen molar-refractivity contribution in [3.05, 3.63) is 47.0 Å². The summed E-state index contributed by atoms with van der Waals surface area (Å²) in [6.45, 7) is 1.34. The van der Waals surface area contributed by atoms with Gasteiger partial charge in [0.25, 0.3) is 0 Å². The molecule has 0 spiro atoms. The van der Waals surface area contributed by atoms with E-state index in [9.17, 15) is 4.79 Å². The topological polar surface area (TPSA) is 95.3 Å². The molecular weight excluding hydrogens is 360 g/mol. The van der Waals surface area contributed by atoms with E-state index >= 15 is 0 Å². The molecule has 0 aromatic heterocycles. The van der Waals surface area contributed by atoms with Gasteiger partial charge in [0.05, 0.1) is 24.4 Å². The Balaban J connectivity index is 1.73. The minimum atomic E-state index is -0.708. The maximum absolute atomic E-state index is 11.2. The van der Waals surface area contributed by atoms with E-state index in [1.807, 2.05) is 24.3 Å². The summed E-state index contributed by atoms with van der Waals surface area (Å²) in [5.41, 5.74) is 6.52. The van der Waals surface area contributed by atoms with Crippen molar-refractivity contribution in [2.24, 2.45) is 5.73 Å². The summed E-state index contributed by atoms with van der Waals surface area (Å²) in [6.07, 6.45) is 0.0655. The molecule has 1 saturated heterocycles. The predicted molar refractivity (Wildman–Crippen MR) is 97.2 cm³/mol. The summed E-state index contributed by atoms with van der Waals surface area (Å²) in [6, 6.07) is 9.96. The number of epoxide rings is 1. The van der Waals surface area contributed by atoms with Crippen molar-refractivity contribution in [2.45, 2.75) is 12.7 Å². The minimum absolute atomic E-state index is 0.0655. The molecule has 3 N–H and O–H groups in total. The maximum Gasteiger partial charge on any atom is 0.316 e. The van der Waals surface area contributed by atoms with E-state index in [0.717, 1.165) is 11.3 Å². The molecule has 1 heterocycles. The number of carbonyl (C=O) groups excluding carboxylic acids is 1. The van der Waals surface area contributed by atoms with Gasteiger partial charge in [0.1, 0.15) is 36.6 Å². The van der Waals surface area contributed by atoms with Gasteiger partial charge in [0.15, 0.2) is 0 Å². The van der Waals surface area contributed by atoms with E-state index in [-0.39, 0.29) is 6.10 Å². The number of nitrogens with one attached hydrogen (secondary N) is 1. The molecule has 3 rings (SSSR count). The first-order chi connectivity index (χ1) is 12.5. The van der Waals surface area contributed by atoms with Crippen LogP contribution in [0.2, 0.25) is 5.02 Å². The molecule has 2 amide bonds. The standard InChI is InChI=1S/C18H19ClN2O5/c1-23-12-4-2-11(3-5-12)8-25-16-7-17(26-10-13-9-24-13)15(6-14(16)19)21-18(20)22/h2-7,13H,8-10H2,1H3,(H3,20,21,22)/t13-/m0/s1. The largest absolute Gasteiger partial charge is 0.497 e. The Morgan fingerprint density at radius 3 is 2.62 bits per heavy atom. The summed E-state index contributed by atoms with van der Waals surface area (Å²) in [4.78, 5) is 11.2. The van der Waals surface area contributed by atoms with Crippen LogP contribution in [0, 0.1) is 0 Å². The van der Waals surface area contributed by atoms with Gasteiger partial charge >= 0.3 is 6.03 Å². The van der Waals surface area contributed by atoms with Gasteiger partial charge < -0.3 is 30.0 Å². The highest BCUT2D eigenvalue weighted by Crippen LogP contribution is 2.37. The second-order valence-electron chi connectivity index (χ2n) is 5.67. The Bertz CT molecular complexity index is 778. The number of carbonyl (C=O) groups is 1. The van der Waals surface area contributed by atoms with E-state index < -0.39 is 6.03 Å². The van der Waals surface area contributed by atoms with E-state index in [4.69, 9.17) is 36.3 Å². The highest BCUT2D eigenvalue weighted by Gasteiger charge is 2.24. The van der Waals surface area contributed by atoms with Gasteiger partial charge in [-0.15, -0.1) is 0 Å². The number of amides is 2. The third-order valence-corrected chi connectivity index (χ3v) is 3.97. The maximum atomic E-state index is 11.2. The number of methoxy groups -OCH3 is 1. The first kappa shape index (κ1) is 18.2. The van der Waals surface area contributed by atoms with Crippen LogP contribution in [0.1, 0.15) is 5.56 Å².